The maximum absolute atomic E-state index is 11.1. The molecule has 0 aliphatic heterocycles. The van der Waals surface area contributed by atoms with Crippen LogP contribution in [-0.4, -0.2) is 23.1 Å². The molecule has 1 N–H and O–H groups in total. The Kier molecular flexibility index (Phi) is 4.03. The lowest BCUT2D eigenvalue weighted by Gasteiger charge is -2.09. The number of aromatic carboxylic acids is 1. The average molecular weight is 289 g/mol. The molecule has 0 aromatic heterocycles. The number of hydrogen-bond donors (Lipinski definition) is 1. The van der Waals surface area contributed by atoms with Crippen LogP contribution in [0.5, 0.6) is 17.2 Å². The van der Waals surface area contributed by atoms with Gasteiger partial charge in [-0.15, -0.1) is 0 Å². The van der Waals surface area contributed by atoms with Gasteiger partial charge < -0.3 is 14.6 Å². The van der Waals surface area contributed by atoms with Gasteiger partial charge in [-0.25, -0.2) is 4.79 Å². The Balaban J connectivity index is 2.42. The van der Waals surface area contributed by atoms with E-state index in [1.165, 1.54) is 37.4 Å². The normalized spacial score (nSPS) is 9.95. The molecule has 108 valence electrons. The molecule has 21 heavy (non-hydrogen) atoms. The molecular formula is C14H11NO6. The van der Waals surface area contributed by atoms with Crippen LogP contribution in [0.15, 0.2) is 42.5 Å². The van der Waals surface area contributed by atoms with Crippen LogP contribution in [0.2, 0.25) is 0 Å². The average Bonchev–Trinajstić information content (AvgIpc) is 2.47. The second kappa shape index (κ2) is 5.91. The Bertz CT molecular complexity index is 698. The molecule has 2 aromatic carbocycles. The Morgan fingerprint density at radius 3 is 2.48 bits per heavy atom. The lowest BCUT2D eigenvalue weighted by atomic mass is 10.2. The number of benzene rings is 2. The van der Waals surface area contributed by atoms with E-state index >= 15 is 0 Å². The van der Waals surface area contributed by atoms with Gasteiger partial charge in [-0.3, -0.25) is 10.1 Å². The number of rotatable bonds is 5. The van der Waals surface area contributed by atoms with Crippen LogP contribution in [0.4, 0.5) is 5.69 Å². The summed E-state index contributed by atoms with van der Waals surface area (Å²) in [6, 6.07) is 9.89. The van der Waals surface area contributed by atoms with Gasteiger partial charge in [0.05, 0.1) is 24.2 Å². The number of carboxylic acid groups (broad SMARTS) is 1. The molecular weight excluding hydrogens is 278 g/mol. The molecule has 0 unspecified atom stereocenters. The van der Waals surface area contributed by atoms with E-state index in [2.05, 4.69) is 0 Å². The lowest BCUT2D eigenvalue weighted by Crippen LogP contribution is -2.00. The van der Waals surface area contributed by atoms with Crippen LogP contribution in [0, 0.1) is 10.1 Å². The molecule has 0 atom stereocenters. The number of para-hydroxylation sites is 1. The smallest absolute Gasteiger partial charge is 0.339 e. The summed E-state index contributed by atoms with van der Waals surface area (Å²) in [6.45, 7) is 0. The first-order valence-corrected chi connectivity index (χ1v) is 5.85. The summed E-state index contributed by atoms with van der Waals surface area (Å²) in [5.74, 6) is -0.697. The van der Waals surface area contributed by atoms with Gasteiger partial charge in [0.1, 0.15) is 22.8 Å². The highest BCUT2D eigenvalue weighted by Gasteiger charge is 2.15. The quantitative estimate of drug-likeness (QED) is 0.670. The summed E-state index contributed by atoms with van der Waals surface area (Å²) < 4.78 is 10.4. The summed E-state index contributed by atoms with van der Waals surface area (Å²) in [5, 5.41) is 19.9. The van der Waals surface area contributed by atoms with Gasteiger partial charge in [0, 0.05) is 6.07 Å². The van der Waals surface area contributed by atoms with E-state index in [4.69, 9.17) is 14.6 Å². The minimum atomic E-state index is -1.15. The zero-order valence-electron chi connectivity index (χ0n) is 11.0. The molecule has 0 fully saturated rings. The minimum absolute atomic E-state index is 0.0389. The molecule has 2 aromatic rings. The topological polar surface area (TPSA) is 98.9 Å². The molecule has 0 aliphatic rings. The van der Waals surface area contributed by atoms with Crippen molar-refractivity contribution >= 4 is 11.7 Å². The molecule has 0 amide bonds. The zero-order valence-corrected chi connectivity index (χ0v) is 11.0. The Morgan fingerprint density at radius 1 is 1.19 bits per heavy atom. The summed E-state index contributed by atoms with van der Waals surface area (Å²) in [6.07, 6.45) is 0. The fraction of sp³-hybridized carbons (Fsp3) is 0.0714. The van der Waals surface area contributed by atoms with Crippen molar-refractivity contribution in [1.82, 2.24) is 0 Å². The summed E-state index contributed by atoms with van der Waals surface area (Å²) in [5.41, 5.74) is -0.250. The number of methoxy groups -OCH3 is 1. The third-order valence-electron chi connectivity index (χ3n) is 2.66. The number of nitro groups is 1. The zero-order chi connectivity index (χ0) is 15.4. The second-order valence-electron chi connectivity index (χ2n) is 4.03. The van der Waals surface area contributed by atoms with Crippen molar-refractivity contribution in [3.63, 3.8) is 0 Å². The SMILES string of the molecule is COc1cc(Oc2ccccc2C(=O)O)cc([N+](=O)[O-])c1. The van der Waals surface area contributed by atoms with Crippen LogP contribution < -0.4 is 9.47 Å². The fourth-order valence-corrected chi connectivity index (χ4v) is 1.70. The van der Waals surface area contributed by atoms with Crippen LogP contribution in [0.1, 0.15) is 10.4 Å². The standard InChI is InChI=1S/C14H11NO6/c1-20-10-6-9(15(18)19)7-11(8-10)21-13-5-3-2-4-12(13)14(16)17/h2-8H,1H3,(H,16,17). The van der Waals surface area contributed by atoms with Crippen molar-refractivity contribution in [2.75, 3.05) is 7.11 Å². The molecule has 0 aliphatic carbocycles. The molecule has 7 nitrogen and oxygen atoms in total. The Morgan fingerprint density at radius 2 is 1.86 bits per heavy atom. The number of non-ortho nitro benzene ring substituents is 1. The summed E-state index contributed by atoms with van der Waals surface area (Å²) in [4.78, 5) is 21.4. The summed E-state index contributed by atoms with van der Waals surface area (Å²) >= 11 is 0. The first-order chi connectivity index (χ1) is 10.0. The van der Waals surface area contributed by atoms with Crippen LogP contribution in [0.3, 0.4) is 0 Å². The van der Waals surface area contributed by atoms with E-state index in [9.17, 15) is 14.9 Å². The Hall–Kier alpha value is -3.09. The van der Waals surface area contributed by atoms with Gasteiger partial charge >= 0.3 is 5.97 Å². The lowest BCUT2D eigenvalue weighted by molar-refractivity contribution is -0.385. The Labute approximate surface area is 119 Å². The van der Waals surface area contributed by atoms with Gasteiger partial charge in [0.2, 0.25) is 0 Å². The van der Waals surface area contributed by atoms with Gasteiger partial charge in [-0.05, 0) is 12.1 Å². The van der Waals surface area contributed by atoms with Crippen molar-refractivity contribution in [3.8, 4) is 17.2 Å². The number of ether oxygens (including phenoxy) is 2. The van der Waals surface area contributed by atoms with E-state index in [0.717, 1.165) is 0 Å². The van der Waals surface area contributed by atoms with Crippen molar-refractivity contribution in [2.45, 2.75) is 0 Å². The molecule has 7 heteroatoms. The largest absolute Gasteiger partial charge is 0.496 e. The van der Waals surface area contributed by atoms with Gasteiger partial charge in [0.15, 0.2) is 0 Å². The number of nitrogens with zero attached hydrogens (tertiary/aromatic N) is 1. The van der Waals surface area contributed by atoms with Gasteiger partial charge in [0.25, 0.3) is 5.69 Å². The highest BCUT2D eigenvalue weighted by Crippen LogP contribution is 2.32. The number of hydrogen-bond acceptors (Lipinski definition) is 5. The maximum Gasteiger partial charge on any atom is 0.339 e. The molecule has 0 saturated heterocycles. The van der Waals surface area contributed by atoms with Crippen molar-refractivity contribution in [1.29, 1.82) is 0 Å². The van der Waals surface area contributed by atoms with Crippen LogP contribution >= 0.6 is 0 Å². The molecule has 2 rings (SSSR count). The fourth-order valence-electron chi connectivity index (χ4n) is 1.70. The number of carbonyl (C=O) groups is 1. The third kappa shape index (κ3) is 3.27. The first-order valence-electron chi connectivity index (χ1n) is 5.85. The van der Waals surface area contributed by atoms with Crippen LogP contribution in [0.25, 0.3) is 0 Å². The van der Waals surface area contributed by atoms with Crippen molar-refractivity contribution in [3.05, 3.63) is 58.1 Å². The van der Waals surface area contributed by atoms with E-state index in [1.54, 1.807) is 12.1 Å². The van der Waals surface area contributed by atoms with Gasteiger partial charge in [-0.2, -0.15) is 0 Å². The van der Waals surface area contributed by atoms with E-state index in [1.807, 2.05) is 0 Å². The molecule has 0 saturated carbocycles. The molecule has 0 bridgehead atoms. The predicted molar refractivity (Wildman–Crippen MR) is 73.1 cm³/mol. The number of carboxylic acids is 1. The van der Waals surface area contributed by atoms with E-state index < -0.39 is 10.9 Å². The first kappa shape index (κ1) is 14.3. The maximum atomic E-state index is 11.1. The highest BCUT2D eigenvalue weighted by molar-refractivity contribution is 5.90. The van der Waals surface area contributed by atoms with E-state index in [0.29, 0.717) is 0 Å². The minimum Gasteiger partial charge on any atom is -0.496 e. The third-order valence-corrected chi connectivity index (χ3v) is 2.66. The highest BCUT2D eigenvalue weighted by atomic mass is 16.6. The molecule has 0 radical (unpaired) electrons. The molecule has 0 heterocycles. The molecule has 0 spiro atoms. The van der Waals surface area contributed by atoms with Crippen LogP contribution in [-0.2, 0) is 0 Å². The van der Waals surface area contributed by atoms with Crippen molar-refractivity contribution < 1.29 is 24.3 Å². The second-order valence-corrected chi connectivity index (χ2v) is 4.03. The monoisotopic (exact) mass is 289 g/mol. The van der Waals surface area contributed by atoms with Crippen molar-refractivity contribution in [2.24, 2.45) is 0 Å². The van der Waals surface area contributed by atoms with E-state index in [-0.39, 0.29) is 28.5 Å². The summed E-state index contributed by atoms with van der Waals surface area (Å²) in [7, 11) is 1.37. The number of nitro benzene ring substituents is 1. The predicted octanol–water partition coefficient (Wildman–Crippen LogP) is 3.09. The van der Waals surface area contributed by atoms with Gasteiger partial charge in [-0.1, -0.05) is 12.1 Å².